The maximum absolute atomic E-state index is 13.1. The second-order valence-corrected chi connectivity index (χ2v) is 8.80. The van der Waals surface area contributed by atoms with E-state index in [1.807, 2.05) is 29.0 Å². The average molecular weight is 437 g/mol. The molecule has 6 nitrogen and oxygen atoms in total. The van der Waals surface area contributed by atoms with E-state index >= 15 is 0 Å². The number of carbonyl (C=O) groups is 2. The van der Waals surface area contributed by atoms with Crippen molar-refractivity contribution in [3.8, 4) is 10.4 Å². The third kappa shape index (κ3) is 5.22. The van der Waals surface area contributed by atoms with E-state index in [0.29, 0.717) is 45.6 Å². The highest BCUT2D eigenvalue weighted by Crippen LogP contribution is 2.26. The monoisotopic (exact) mass is 436 g/mol. The van der Waals surface area contributed by atoms with Gasteiger partial charge in [-0.1, -0.05) is 30.3 Å². The van der Waals surface area contributed by atoms with Gasteiger partial charge in [0.05, 0.1) is 5.92 Å². The van der Waals surface area contributed by atoms with Crippen LogP contribution in [0.3, 0.4) is 0 Å². The summed E-state index contributed by atoms with van der Waals surface area (Å²) in [7, 11) is 0. The number of likely N-dealkylation sites (N-methyl/N-ethyl adjacent to an activating group) is 1. The number of rotatable bonds is 7. The minimum Gasteiger partial charge on any atom is -0.341 e. The molecule has 0 aliphatic carbocycles. The smallest absolute Gasteiger partial charge is 0.227 e. The summed E-state index contributed by atoms with van der Waals surface area (Å²) >= 11 is 1.72. The van der Waals surface area contributed by atoms with Crippen LogP contribution in [0.15, 0.2) is 60.2 Å². The molecular formula is C24H28N4O2S. The van der Waals surface area contributed by atoms with Crippen molar-refractivity contribution in [1.82, 2.24) is 19.6 Å². The van der Waals surface area contributed by atoms with Crippen molar-refractivity contribution >= 4 is 23.2 Å². The van der Waals surface area contributed by atoms with Gasteiger partial charge in [0.25, 0.3) is 0 Å². The predicted octanol–water partition coefficient (Wildman–Crippen LogP) is 3.55. The molecule has 1 aliphatic heterocycles. The second kappa shape index (κ2) is 9.92. The van der Waals surface area contributed by atoms with Gasteiger partial charge in [0.2, 0.25) is 11.8 Å². The van der Waals surface area contributed by atoms with Crippen LogP contribution in [0, 0.1) is 5.92 Å². The van der Waals surface area contributed by atoms with E-state index in [-0.39, 0.29) is 17.7 Å². The number of nitrogens with zero attached hydrogens (tertiary/aromatic N) is 4. The lowest BCUT2D eigenvalue weighted by molar-refractivity contribution is -0.134. The van der Waals surface area contributed by atoms with E-state index in [9.17, 15) is 9.59 Å². The van der Waals surface area contributed by atoms with Crippen LogP contribution >= 0.6 is 11.3 Å². The summed E-state index contributed by atoms with van der Waals surface area (Å²) in [6, 6.07) is 14.5. The van der Waals surface area contributed by atoms with Gasteiger partial charge in [-0.25, -0.2) is 0 Å². The maximum atomic E-state index is 13.1. The molecule has 0 unspecified atom stereocenters. The molecule has 0 bridgehead atoms. The molecule has 1 saturated heterocycles. The van der Waals surface area contributed by atoms with Crippen LogP contribution in [0.4, 0.5) is 0 Å². The Morgan fingerprint density at radius 3 is 2.68 bits per heavy atom. The van der Waals surface area contributed by atoms with Crippen LogP contribution in [-0.2, 0) is 22.6 Å². The van der Waals surface area contributed by atoms with Gasteiger partial charge < -0.3 is 9.80 Å². The molecule has 0 spiro atoms. The van der Waals surface area contributed by atoms with Crippen LogP contribution in [-0.4, -0.2) is 57.6 Å². The molecular weight excluding hydrogens is 408 g/mol. The molecule has 1 aliphatic rings. The molecule has 162 valence electrons. The molecule has 31 heavy (non-hydrogen) atoms. The first kappa shape index (κ1) is 21.3. The highest BCUT2D eigenvalue weighted by atomic mass is 32.1. The van der Waals surface area contributed by atoms with Crippen molar-refractivity contribution in [3.05, 3.63) is 65.8 Å². The highest BCUT2D eigenvalue weighted by Gasteiger charge is 2.31. The zero-order valence-electron chi connectivity index (χ0n) is 17.8. The van der Waals surface area contributed by atoms with E-state index in [1.54, 1.807) is 22.2 Å². The van der Waals surface area contributed by atoms with Gasteiger partial charge in [0, 0.05) is 56.4 Å². The molecule has 4 rings (SSSR count). The van der Waals surface area contributed by atoms with Crippen LogP contribution in [0.1, 0.15) is 18.9 Å². The van der Waals surface area contributed by atoms with Crippen molar-refractivity contribution in [2.24, 2.45) is 5.92 Å². The van der Waals surface area contributed by atoms with Gasteiger partial charge >= 0.3 is 0 Å². The van der Waals surface area contributed by atoms with Crippen molar-refractivity contribution in [1.29, 1.82) is 0 Å². The molecule has 1 fully saturated rings. The Bertz CT molecular complexity index is 983. The quantitative estimate of drug-likeness (QED) is 0.569. The topological polar surface area (TPSA) is 58.4 Å². The van der Waals surface area contributed by atoms with Gasteiger partial charge in [-0.15, -0.1) is 11.3 Å². The summed E-state index contributed by atoms with van der Waals surface area (Å²) in [5.74, 6) is 0.00944. The van der Waals surface area contributed by atoms with Gasteiger partial charge in [-0.2, -0.15) is 5.10 Å². The number of hydrogen-bond donors (Lipinski definition) is 0. The summed E-state index contributed by atoms with van der Waals surface area (Å²) in [5, 5.41) is 6.24. The molecule has 0 radical (unpaired) electrons. The predicted molar refractivity (Wildman–Crippen MR) is 123 cm³/mol. The molecule has 7 heteroatoms. The van der Waals surface area contributed by atoms with Gasteiger partial charge in [0.1, 0.15) is 0 Å². The summed E-state index contributed by atoms with van der Waals surface area (Å²) < 4.78 is 1.77. The Morgan fingerprint density at radius 1 is 1.16 bits per heavy atom. The summed E-state index contributed by atoms with van der Waals surface area (Å²) in [6.07, 6.45) is 4.61. The Labute approximate surface area is 187 Å². The molecule has 1 aromatic carbocycles. The lowest BCUT2D eigenvalue weighted by Crippen LogP contribution is -2.38. The molecule has 0 saturated carbocycles. The lowest BCUT2D eigenvalue weighted by Gasteiger charge is -2.23. The first-order valence-electron chi connectivity index (χ1n) is 10.8. The summed E-state index contributed by atoms with van der Waals surface area (Å²) in [5.41, 5.74) is 2.32. The maximum Gasteiger partial charge on any atom is 0.227 e. The fraction of sp³-hybridized carbons (Fsp3) is 0.375. The fourth-order valence-corrected chi connectivity index (χ4v) is 4.80. The largest absolute Gasteiger partial charge is 0.341 e. The zero-order chi connectivity index (χ0) is 21.6. The van der Waals surface area contributed by atoms with Crippen molar-refractivity contribution in [2.45, 2.75) is 26.3 Å². The normalized spacial score (nSPS) is 17.1. The minimum absolute atomic E-state index is 0.0827. The molecule has 2 amide bonds. The van der Waals surface area contributed by atoms with Gasteiger partial charge in [0.15, 0.2) is 0 Å². The number of carbonyl (C=O) groups excluding carboxylic acids is 2. The number of aromatic nitrogens is 2. The molecule has 2 aromatic heterocycles. The van der Waals surface area contributed by atoms with E-state index in [0.717, 1.165) is 5.56 Å². The van der Waals surface area contributed by atoms with E-state index in [4.69, 9.17) is 0 Å². The molecule has 0 N–H and O–H groups in total. The number of aryl methyl sites for hydroxylation is 1. The Hall–Kier alpha value is -2.93. The third-order valence-corrected chi connectivity index (χ3v) is 6.75. The number of hydrogen-bond acceptors (Lipinski definition) is 4. The standard InChI is InChI=1S/C24H28N4O2S/c1-2-26-14-15-27(23(29)10-13-28-12-4-11-25-28)18-21(24(26)30)17-19-6-8-20(9-7-19)22-5-3-16-31-22/h3-9,11-12,16,21H,2,10,13-15,17-18H2,1H3/t21-/m1/s1. The van der Waals surface area contributed by atoms with Gasteiger partial charge in [-0.3, -0.25) is 14.3 Å². The van der Waals surface area contributed by atoms with Crippen molar-refractivity contribution < 1.29 is 9.59 Å². The summed E-state index contributed by atoms with van der Waals surface area (Å²) in [6.45, 7) is 4.88. The number of thiophene rings is 1. The minimum atomic E-state index is -0.219. The average Bonchev–Trinajstić information content (AvgIpc) is 3.48. The van der Waals surface area contributed by atoms with E-state index < -0.39 is 0 Å². The van der Waals surface area contributed by atoms with Crippen LogP contribution < -0.4 is 0 Å². The molecule has 3 heterocycles. The van der Waals surface area contributed by atoms with E-state index in [1.165, 1.54) is 10.4 Å². The molecule has 1 atom stereocenters. The fourth-order valence-electron chi connectivity index (χ4n) is 4.07. The number of benzene rings is 1. The third-order valence-electron chi connectivity index (χ3n) is 5.83. The van der Waals surface area contributed by atoms with Crippen LogP contribution in [0.25, 0.3) is 10.4 Å². The van der Waals surface area contributed by atoms with Gasteiger partial charge in [-0.05, 0) is 42.0 Å². The Balaban J connectivity index is 1.44. The van der Waals surface area contributed by atoms with Crippen molar-refractivity contribution in [3.63, 3.8) is 0 Å². The van der Waals surface area contributed by atoms with Crippen molar-refractivity contribution in [2.75, 3.05) is 26.2 Å². The zero-order valence-corrected chi connectivity index (χ0v) is 18.6. The summed E-state index contributed by atoms with van der Waals surface area (Å²) in [4.78, 5) is 31.0. The first-order chi connectivity index (χ1) is 15.1. The Kier molecular flexibility index (Phi) is 6.82. The van der Waals surface area contributed by atoms with E-state index in [2.05, 4.69) is 46.9 Å². The second-order valence-electron chi connectivity index (χ2n) is 7.85. The number of amides is 2. The Morgan fingerprint density at radius 2 is 2.00 bits per heavy atom. The molecule has 3 aromatic rings. The highest BCUT2D eigenvalue weighted by molar-refractivity contribution is 7.13. The first-order valence-corrected chi connectivity index (χ1v) is 11.7. The lowest BCUT2D eigenvalue weighted by atomic mass is 9.96. The van der Waals surface area contributed by atoms with Crippen LogP contribution in [0.2, 0.25) is 0 Å². The van der Waals surface area contributed by atoms with Crippen LogP contribution in [0.5, 0.6) is 0 Å². The SMILES string of the molecule is CCN1CCN(C(=O)CCn2cccn2)C[C@@H](Cc2ccc(-c3cccs3)cc2)C1=O.